The summed E-state index contributed by atoms with van der Waals surface area (Å²) in [4.78, 5) is 65.0. The van der Waals surface area contributed by atoms with Crippen LogP contribution in [0, 0.1) is 41.7 Å². The highest BCUT2D eigenvalue weighted by molar-refractivity contribution is 6.22. The number of hydrogen-bond acceptors (Lipinski definition) is 7. The van der Waals surface area contributed by atoms with Crippen LogP contribution < -0.4 is 14.5 Å². The minimum Gasteiger partial charge on any atom is -0.426 e. The molecule has 0 bridgehead atoms. The smallest absolute Gasteiger partial charge is 0.316 e. The number of imide groups is 1. The number of nitrogens with zero attached hydrogens (tertiary/aromatic N) is 3. The molecule has 2 saturated heterocycles. The lowest BCUT2D eigenvalue weighted by atomic mass is 9.82. The van der Waals surface area contributed by atoms with Crippen molar-refractivity contribution in [2.24, 2.45) is 17.8 Å². The van der Waals surface area contributed by atoms with Crippen molar-refractivity contribution in [1.29, 1.82) is 0 Å². The molecule has 3 atom stereocenters. The fourth-order valence-electron chi connectivity index (χ4n) is 5.49. The fraction of sp³-hybridized carbons (Fsp3) is 0.357. The molecule has 3 amide bonds. The van der Waals surface area contributed by atoms with Gasteiger partial charge in [-0.05, 0) is 63.4 Å². The van der Waals surface area contributed by atoms with E-state index in [-0.39, 0.29) is 54.0 Å². The Morgan fingerprint density at radius 1 is 0.974 bits per heavy atom. The standard InChI is InChI=1S/C28H27N3O7/c1-15-4-8-21-22(10-15)27(34)30(26(21)33)23-9-7-20(11-17(23)3)38-28(35)18-12-25(32)29(14-18)19-6-5-16(2)24(13-19)31(36)37/h4-7,9,11,13,18,21-22H,8,10,12,14H2,1-3H3/t18-,21+,22-/m1/s1. The number of allylic oxidation sites excluding steroid dienone is 2. The number of esters is 1. The number of nitro groups is 1. The maximum atomic E-state index is 13.1. The first-order chi connectivity index (χ1) is 18.0. The van der Waals surface area contributed by atoms with E-state index in [9.17, 15) is 29.3 Å². The number of benzene rings is 2. The predicted molar refractivity (Wildman–Crippen MR) is 138 cm³/mol. The van der Waals surface area contributed by atoms with Crippen molar-refractivity contribution in [3.63, 3.8) is 0 Å². The van der Waals surface area contributed by atoms with Crippen LogP contribution in [0.4, 0.5) is 17.1 Å². The van der Waals surface area contributed by atoms with Gasteiger partial charge in [-0.15, -0.1) is 0 Å². The Morgan fingerprint density at radius 3 is 2.42 bits per heavy atom. The summed E-state index contributed by atoms with van der Waals surface area (Å²) in [5, 5.41) is 11.3. The van der Waals surface area contributed by atoms with Crippen molar-refractivity contribution < 1.29 is 28.8 Å². The van der Waals surface area contributed by atoms with Crippen LogP contribution in [0.15, 0.2) is 48.0 Å². The molecule has 38 heavy (non-hydrogen) atoms. The second-order valence-electron chi connectivity index (χ2n) is 10.2. The van der Waals surface area contributed by atoms with E-state index in [4.69, 9.17) is 4.74 Å². The van der Waals surface area contributed by atoms with Gasteiger partial charge in [0, 0.05) is 24.6 Å². The summed E-state index contributed by atoms with van der Waals surface area (Å²) in [5.41, 5.74) is 2.92. The molecule has 0 unspecified atom stereocenters. The molecule has 2 aromatic carbocycles. The summed E-state index contributed by atoms with van der Waals surface area (Å²) in [6.45, 7) is 5.36. The van der Waals surface area contributed by atoms with Crippen LogP contribution in [0.2, 0.25) is 0 Å². The zero-order valence-electron chi connectivity index (χ0n) is 21.3. The highest BCUT2D eigenvalue weighted by Gasteiger charge is 2.49. The number of anilines is 2. The number of rotatable bonds is 5. The Bertz CT molecular complexity index is 1430. The van der Waals surface area contributed by atoms with Crippen molar-refractivity contribution in [1.82, 2.24) is 0 Å². The summed E-state index contributed by atoms with van der Waals surface area (Å²) in [5.74, 6) is -2.54. The van der Waals surface area contributed by atoms with Gasteiger partial charge in [-0.3, -0.25) is 29.3 Å². The molecule has 2 fully saturated rings. The first-order valence-corrected chi connectivity index (χ1v) is 12.5. The van der Waals surface area contributed by atoms with Crippen LogP contribution in [0.3, 0.4) is 0 Å². The Hall–Kier alpha value is -4.34. The quantitative estimate of drug-likeness (QED) is 0.146. The highest BCUT2D eigenvalue weighted by atomic mass is 16.6. The van der Waals surface area contributed by atoms with Crippen molar-refractivity contribution in [3.8, 4) is 5.75 Å². The molecule has 2 heterocycles. The van der Waals surface area contributed by atoms with E-state index in [1.807, 2.05) is 13.0 Å². The molecule has 0 radical (unpaired) electrons. The average molecular weight is 518 g/mol. The third-order valence-corrected chi connectivity index (χ3v) is 7.61. The lowest BCUT2D eigenvalue weighted by molar-refractivity contribution is -0.385. The van der Waals surface area contributed by atoms with Gasteiger partial charge in [-0.2, -0.15) is 0 Å². The van der Waals surface area contributed by atoms with E-state index < -0.39 is 16.8 Å². The molecule has 10 nitrogen and oxygen atoms in total. The lowest BCUT2D eigenvalue weighted by Crippen LogP contribution is -2.31. The first-order valence-electron chi connectivity index (χ1n) is 12.5. The molecule has 196 valence electrons. The minimum atomic E-state index is -0.747. The van der Waals surface area contributed by atoms with Gasteiger partial charge < -0.3 is 9.64 Å². The van der Waals surface area contributed by atoms with Gasteiger partial charge in [0.25, 0.3) is 5.69 Å². The van der Waals surface area contributed by atoms with Gasteiger partial charge in [0.1, 0.15) is 5.75 Å². The molecule has 10 heteroatoms. The van der Waals surface area contributed by atoms with Crippen LogP contribution in [-0.2, 0) is 19.2 Å². The normalized spacial score (nSPS) is 23.0. The minimum absolute atomic E-state index is 0.0436. The van der Waals surface area contributed by atoms with Crippen molar-refractivity contribution in [2.75, 3.05) is 16.3 Å². The van der Waals surface area contributed by atoms with E-state index in [1.54, 1.807) is 38.1 Å². The van der Waals surface area contributed by atoms with Gasteiger partial charge >= 0.3 is 5.97 Å². The number of carbonyl (C=O) groups is 4. The second kappa shape index (κ2) is 9.51. The van der Waals surface area contributed by atoms with E-state index in [1.165, 1.54) is 21.9 Å². The molecule has 1 aliphatic carbocycles. The molecular formula is C28H27N3O7. The third kappa shape index (κ3) is 4.36. The Labute approximate surface area is 219 Å². The number of amides is 3. The van der Waals surface area contributed by atoms with E-state index in [2.05, 4.69) is 0 Å². The van der Waals surface area contributed by atoms with E-state index in [0.29, 0.717) is 35.3 Å². The van der Waals surface area contributed by atoms with Crippen molar-refractivity contribution in [3.05, 3.63) is 69.3 Å². The van der Waals surface area contributed by atoms with Crippen LogP contribution in [0.25, 0.3) is 0 Å². The number of nitro benzene ring substituents is 1. The van der Waals surface area contributed by atoms with Gasteiger partial charge in [-0.1, -0.05) is 17.7 Å². The van der Waals surface area contributed by atoms with Crippen LogP contribution >= 0.6 is 0 Å². The molecule has 2 aromatic rings. The summed E-state index contributed by atoms with van der Waals surface area (Å²) in [6.07, 6.45) is 3.07. The second-order valence-corrected chi connectivity index (χ2v) is 10.2. The number of aryl methyl sites for hydroxylation is 2. The molecular weight excluding hydrogens is 490 g/mol. The van der Waals surface area contributed by atoms with E-state index >= 15 is 0 Å². The van der Waals surface area contributed by atoms with Crippen LogP contribution in [0.5, 0.6) is 5.75 Å². The largest absolute Gasteiger partial charge is 0.426 e. The van der Waals surface area contributed by atoms with Gasteiger partial charge in [0.2, 0.25) is 17.7 Å². The average Bonchev–Trinajstić information content (AvgIpc) is 3.37. The van der Waals surface area contributed by atoms with Gasteiger partial charge in [0.05, 0.1) is 34.1 Å². The molecule has 3 aliphatic rings. The van der Waals surface area contributed by atoms with Crippen molar-refractivity contribution in [2.45, 2.75) is 40.0 Å². The monoisotopic (exact) mass is 517 g/mol. The fourth-order valence-corrected chi connectivity index (χ4v) is 5.49. The lowest BCUT2D eigenvalue weighted by Gasteiger charge is -2.19. The third-order valence-electron chi connectivity index (χ3n) is 7.61. The predicted octanol–water partition coefficient (Wildman–Crippen LogP) is 4.02. The Kier molecular flexibility index (Phi) is 6.34. The molecule has 2 aliphatic heterocycles. The molecule has 0 aromatic heterocycles. The van der Waals surface area contributed by atoms with Crippen LogP contribution in [-0.4, -0.2) is 35.2 Å². The topological polar surface area (TPSA) is 127 Å². The molecule has 0 saturated carbocycles. The summed E-state index contributed by atoms with van der Waals surface area (Å²) in [7, 11) is 0. The SMILES string of the molecule is CC1=CC[C@@H]2C(=O)N(c3ccc(OC(=O)[C@@H]4CC(=O)N(c5ccc(C)c([N+](=O)[O-])c5)C4)cc3C)C(=O)[C@@H]2C1. The van der Waals surface area contributed by atoms with Crippen molar-refractivity contribution >= 4 is 40.8 Å². The van der Waals surface area contributed by atoms with Gasteiger partial charge in [-0.25, -0.2) is 4.90 Å². The number of ether oxygens (including phenoxy) is 1. The molecule has 5 rings (SSSR count). The number of carbonyl (C=O) groups excluding carboxylic acids is 4. The van der Waals surface area contributed by atoms with Crippen LogP contribution in [0.1, 0.15) is 37.3 Å². The Morgan fingerprint density at radius 2 is 1.71 bits per heavy atom. The highest BCUT2D eigenvalue weighted by Crippen LogP contribution is 2.41. The van der Waals surface area contributed by atoms with E-state index in [0.717, 1.165) is 5.57 Å². The molecule has 0 spiro atoms. The first kappa shape index (κ1) is 25.3. The molecule has 0 N–H and O–H groups in total. The number of fused-ring (bicyclic) bond motifs is 1. The summed E-state index contributed by atoms with van der Waals surface area (Å²) >= 11 is 0. The summed E-state index contributed by atoms with van der Waals surface area (Å²) < 4.78 is 5.55. The summed E-state index contributed by atoms with van der Waals surface area (Å²) in [6, 6.07) is 9.24. The maximum absolute atomic E-state index is 13.1. The maximum Gasteiger partial charge on any atom is 0.316 e. The number of hydrogen-bond donors (Lipinski definition) is 0. The zero-order chi connectivity index (χ0) is 27.3. The van der Waals surface area contributed by atoms with Gasteiger partial charge in [0.15, 0.2) is 0 Å². The Balaban J connectivity index is 1.28. The zero-order valence-corrected chi connectivity index (χ0v) is 21.3.